The van der Waals surface area contributed by atoms with Crippen LogP contribution in [0.2, 0.25) is 5.02 Å². The highest BCUT2D eigenvalue weighted by Gasteiger charge is 2.20. The van der Waals surface area contributed by atoms with Crippen LogP contribution in [0.5, 0.6) is 5.75 Å². The van der Waals surface area contributed by atoms with Crippen molar-refractivity contribution < 1.29 is 17.9 Å². The van der Waals surface area contributed by atoms with Gasteiger partial charge in [-0.05, 0) is 30.2 Å². The Labute approximate surface area is 159 Å². The molecule has 2 aromatic carbocycles. The van der Waals surface area contributed by atoms with Crippen molar-refractivity contribution in [1.29, 1.82) is 0 Å². The lowest BCUT2D eigenvalue weighted by Crippen LogP contribution is -2.30. The van der Waals surface area contributed by atoms with E-state index in [0.29, 0.717) is 13.0 Å². The van der Waals surface area contributed by atoms with Crippen molar-refractivity contribution in [2.45, 2.75) is 17.7 Å². The predicted octanol–water partition coefficient (Wildman–Crippen LogP) is 3.21. The van der Waals surface area contributed by atoms with Gasteiger partial charge in [0.25, 0.3) is 0 Å². The number of ether oxygens (including phenoxy) is 1. The summed E-state index contributed by atoms with van der Waals surface area (Å²) in [6.45, 7) is 0.478. The summed E-state index contributed by atoms with van der Waals surface area (Å²) in [7, 11) is -0.326. The summed E-state index contributed by atoms with van der Waals surface area (Å²) >= 11 is 5.95. The number of hydrogen-bond acceptors (Lipinski definition) is 4. The Morgan fingerprint density at radius 3 is 2.46 bits per heavy atom. The number of benzene rings is 2. The van der Waals surface area contributed by atoms with E-state index in [1.807, 2.05) is 24.3 Å². The second-order valence-corrected chi connectivity index (χ2v) is 8.36. The van der Waals surface area contributed by atoms with Crippen LogP contribution in [0.15, 0.2) is 53.4 Å². The predicted molar refractivity (Wildman–Crippen MR) is 102 cm³/mol. The first-order valence-electron chi connectivity index (χ1n) is 8.18. The zero-order valence-corrected chi connectivity index (χ0v) is 16.4. The molecule has 5 nitrogen and oxygen atoms in total. The van der Waals surface area contributed by atoms with E-state index in [2.05, 4.69) is 0 Å². The molecule has 0 unspecified atom stereocenters. The summed E-state index contributed by atoms with van der Waals surface area (Å²) in [6, 6.07) is 13.9. The second-order valence-electron chi connectivity index (χ2n) is 5.88. The van der Waals surface area contributed by atoms with E-state index in [1.165, 1.54) is 17.0 Å². The number of carbonyl (C=O) groups is 1. The molecule has 0 aliphatic carbocycles. The maximum absolute atomic E-state index is 12.4. The fourth-order valence-corrected chi connectivity index (χ4v) is 4.34. The van der Waals surface area contributed by atoms with Gasteiger partial charge in [-0.2, -0.15) is 0 Å². The van der Waals surface area contributed by atoms with Crippen molar-refractivity contribution in [1.82, 2.24) is 4.90 Å². The average molecular weight is 396 g/mol. The average Bonchev–Trinajstić information content (AvgIpc) is 2.64. The standard InChI is InChI=1S/C19H22ClNO4S/c1-21(13-11-15-7-3-5-9-17(15)25-2)19(22)12-14-26(23,24)18-10-6-4-8-16(18)20/h3-10H,11-14H2,1-2H3. The van der Waals surface area contributed by atoms with E-state index < -0.39 is 9.84 Å². The van der Waals surface area contributed by atoms with Gasteiger partial charge in [0.15, 0.2) is 9.84 Å². The molecule has 0 saturated heterocycles. The summed E-state index contributed by atoms with van der Waals surface area (Å²) in [5, 5.41) is 0.171. The number of halogens is 1. The lowest BCUT2D eigenvalue weighted by Gasteiger charge is -2.18. The van der Waals surface area contributed by atoms with Gasteiger partial charge in [-0.25, -0.2) is 8.42 Å². The summed E-state index contributed by atoms with van der Waals surface area (Å²) in [5.74, 6) is 0.277. The molecule has 26 heavy (non-hydrogen) atoms. The highest BCUT2D eigenvalue weighted by Crippen LogP contribution is 2.22. The van der Waals surface area contributed by atoms with Gasteiger partial charge in [0.1, 0.15) is 5.75 Å². The van der Waals surface area contributed by atoms with Gasteiger partial charge >= 0.3 is 0 Å². The van der Waals surface area contributed by atoms with E-state index >= 15 is 0 Å². The maximum atomic E-state index is 12.4. The van der Waals surface area contributed by atoms with E-state index in [9.17, 15) is 13.2 Å². The Balaban J connectivity index is 1.92. The number of rotatable bonds is 8. The van der Waals surface area contributed by atoms with Gasteiger partial charge < -0.3 is 9.64 Å². The number of amides is 1. The molecule has 2 rings (SSSR count). The Hall–Kier alpha value is -2.05. The zero-order valence-electron chi connectivity index (χ0n) is 14.8. The van der Waals surface area contributed by atoms with Crippen LogP contribution in [0.25, 0.3) is 0 Å². The first-order valence-corrected chi connectivity index (χ1v) is 10.2. The van der Waals surface area contributed by atoms with Crippen LogP contribution in [0.4, 0.5) is 0 Å². The van der Waals surface area contributed by atoms with Crippen LogP contribution in [0.1, 0.15) is 12.0 Å². The van der Waals surface area contributed by atoms with Crippen molar-refractivity contribution in [3.05, 3.63) is 59.1 Å². The van der Waals surface area contributed by atoms with E-state index in [4.69, 9.17) is 16.3 Å². The molecule has 0 spiro atoms. The smallest absolute Gasteiger partial charge is 0.223 e. The largest absolute Gasteiger partial charge is 0.496 e. The van der Waals surface area contributed by atoms with Gasteiger partial charge in [0.2, 0.25) is 5.91 Å². The third-order valence-corrected chi connectivity index (χ3v) is 6.30. The summed E-state index contributed by atoms with van der Waals surface area (Å²) in [6.07, 6.45) is 0.541. The fraction of sp³-hybridized carbons (Fsp3) is 0.316. The van der Waals surface area contributed by atoms with Gasteiger partial charge in [-0.1, -0.05) is 41.9 Å². The second kappa shape index (κ2) is 9.05. The number of sulfone groups is 1. The van der Waals surface area contributed by atoms with E-state index in [1.54, 1.807) is 26.3 Å². The molecule has 7 heteroatoms. The lowest BCUT2D eigenvalue weighted by molar-refractivity contribution is -0.129. The Bertz CT molecular complexity index is 867. The minimum absolute atomic E-state index is 0.0612. The minimum atomic E-state index is -3.60. The summed E-state index contributed by atoms with van der Waals surface area (Å²) in [4.78, 5) is 13.9. The van der Waals surface area contributed by atoms with Crippen LogP contribution in [-0.4, -0.2) is 45.7 Å². The molecule has 0 atom stereocenters. The van der Waals surface area contributed by atoms with Crippen molar-refractivity contribution >= 4 is 27.3 Å². The Kier molecular flexibility index (Phi) is 7.06. The molecule has 0 N–H and O–H groups in total. The quantitative estimate of drug-likeness (QED) is 0.688. The SMILES string of the molecule is COc1ccccc1CCN(C)C(=O)CCS(=O)(=O)c1ccccc1Cl. The van der Waals surface area contributed by atoms with Crippen molar-refractivity contribution in [3.8, 4) is 5.75 Å². The topological polar surface area (TPSA) is 63.7 Å². The Morgan fingerprint density at radius 2 is 1.77 bits per heavy atom. The van der Waals surface area contributed by atoms with Crippen LogP contribution in [-0.2, 0) is 21.1 Å². The lowest BCUT2D eigenvalue weighted by atomic mass is 10.1. The highest BCUT2D eigenvalue weighted by molar-refractivity contribution is 7.91. The highest BCUT2D eigenvalue weighted by atomic mass is 35.5. The molecule has 0 fully saturated rings. The van der Waals surface area contributed by atoms with Gasteiger partial charge in [0, 0.05) is 20.0 Å². The third kappa shape index (κ3) is 5.22. The first-order chi connectivity index (χ1) is 12.3. The van der Waals surface area contributed by atoms with Crippen molar-refractivity contribution in [2.75, 3.05) is 26.5 Å². The molecule has 0 aliphatic heterocycles. The van der Waals surface area contributed by atoms with E-state index in [0.717, 1.165) is 11.3 Å². The molecule has 0 aromatic heterocycles. The number of methoxy groups -OCH3 is 1. The molecule has 0 bridgehead atoms. The van der Waals surface area contributed by atoms with Gasteiger partial charge in [-0.15, -0.1) is 0 Å². The molecule has 0 radical (unpaired) electrons. The fourth-order valence-electron chi connectivity index (χ4n) is 2.54. The molecule has 140 valence electrons. The Morgan fingerprint density at radius 1 is 1.12 bits per heavy atom. The first kappa shape index (κ1) is 20.3. The maximum Gasteiger partial charge on any atom is 0.223 e. The summed E-state index contributed by atoms with van der Waals surface area (Å²) < 4.78 is 30.0. The number of carbonyl (C=O) groups excluding carboxylic acids is 1. The molecule has 0 saturated carbocycles. The van der Waals surface area contributed by atoms with Crippen LogP contribution in [0, 0.1) is 0 Å². The summed E-state index contributed by atoms with van der Waals surface area (Å²) in [5.41, 5.74) is 0.998. The molecular weight excluding hydrogens is 374 g/mol. The van der Waals surface area contributed by atoms with Crippen LogP contribution < -0.4 is 4.74 Å². The molecular formula is C19H22ClNO4S. The molecule has 0 aliphatic rings. The van der Waals surface area contributed by atoms with Crippen molar-refractivity contribution in [2.24, 2.45) is 0 Å². The molecule has 0 heterocycles. The van der Waals surface area contributed by atoms with Crippen LogP contribution >= 0.6 is 11.6 Å². The van der Waals surface area contributed by atoms with Gasteiger partial charge in [0.05, 0.1) is 22.8 Å². The monoisotopic (exact) mass is 395 g/mol. The number of hydrogen-bond donors (Lipinski definition) is 0. The zero-order chi connectivity index (χ0) is 19.2. The molecule has 1 amide bonds. The number of para-hydroxylation sites is 1. The van der Waals surface area contributed by atoms with E-state index in [-0.39, 0.29) is 28.0 Å². The normalized spacial score (nSPS) is 11.2. The molecule has 2 aromatic rings. The van der Waals surface area contributed by atoms with Gasteiger partial charge in [-0.3, -0.25) is 4.79 Å². The van der Waals surface area contributed by atoms with Crippen molar-refractivity contribution in [3.63, 3.8) is 0 Å². The third-order valence-electron chi connectivity index (χ3n) is 4.09. The number of likely N-dealkylation sites (N-methyl/N-ethyl adjacent to an activating group) is 1. The minimum Gasteiger partial charge on any atom is -0.496 e. The van der Waals surface area contributed by atoms with Crippen LogP contribution in [0.3, 0.4) is 0 Å². The number of nitrogens with zero attached hydrogens (tertiary/aromatic N) is 1.